The Morgan fingerprint density at radius 1 is 0.955 bits per heavy atom. The fourth-order valence-electron chi connectivity index (χ4n) is 5.86. The van der Waals surface area contributed by atoms with Gasteiger partial charge in [-0.05, 0) is 90.2 Å². The normalized spacial score (nSPS) is 16.5. The van der Waals surface area contributed by atoms with Gasteiger partial charge in [0.25, 0.3) is 0 Å². The number of benzene rings is 2. The maximum atomic E-state index is 13.4. The second-order valence-corrected chi connectivity index (χ2v) is 13.5. The minimum absolute atomic E-state index is 0.0138. The summed E-state index contributed by atoms with van der Waals surface area (Å²) in [7, 11) is -0.679. The van der Waals surface area contributed by atoms with Crippen molar-refractivity contribution < 1.29 is 18.5 Å². The Morgan fingerprint density at radius 2 is 1.61 bits per heavy atom. The number of fused-ring (bicyclic) bond motifs is 1. The quantitative estimate of drug-likeness (QED) is 0.129. The fraction of sp³-hybridized carbons (Fsp3) is 0.400. The number of pyridine rings is 1. The van der Waals surface area contributed by atoms with Crippen LogP contribution in [0.4, 0.5) is 5.69 Å². The zero-order valence-electron chi connectivity index (χ0n) is 27.1. The summed E-state index contributed by atoms with van der Waals surface area (Å²) in [5, 5.41) is 4.48. The molecule has 1 atom stereocenters. The van der Waals surface area contributed by atoms with Crippen LogP contribution < -0.4 is 16.2 Å². The van der Waals surface area contributed by atoms with Crippen LogP contribution in [0, 0.1) is 20.8 Å². The largest absolute Gasteiger partial charge is 0.495 e. The summed E-state index contributed by atoms with van der Waals surface area (Å²) < 4.78 is 18.9. The molecule has 0 bridgehead atoms. The monoisotopic (exact) mass is 614 g/mol. The van der Waals surface area contributed by atoms with Crippen LogP contribution in [0.3, 0.4) is 0 Å². The number of aromatic nitrogens is 1. The van der Waals surface area contributed by atoms with Crippen molar-refractivity contribution in [3.05, 3.63) is 85.4 Å². The minimum atomic E-state index is -0.679. The Kier molecular flexibility index (Phi) is 8.34. The van der Waals surface area contributed by atoms with E-state index < -0.39 is 18.3 Å². The van der Waals surface area contributed by atoms with Crippen LogP contribution in [0.2, 0.25) is 5.15 Å². The van der Waals surface area contributed by atoms with Gasteiger partial charge in [0.05, 0.1) is 34.0 Å². The summed E-state index contributed by atoms with van der Waals surface area (Å²) in [6.45, 7) is 19.7. The van der Waals surface area contributed by atoms with Gasteiger partial charge < -0.3 is 19.0 Å². The third-order valence-electron chi connectivity index (χ3n) is 9.08. The predicted molar refractivity (Wildman–Crippen MR) is 179 cm³/mol. The first-order valence-corrected chi connectivity index (χ1v) is 15.4. The predicted octanol–water partition coefficient (Wildman–Crippen LogP) is 7.84. The molecule has 4 aromatic rings. The average molecular weight is 615 g/mol. The summed E-state index contributed by atoms with van der Waals surface area (Å²) >= 11 is 6.42. The average Bonchev–Trinajstić information content (AvgIpc) is 3.17. The first-order valence-electron chi connectivity index (χ1n) is 15.0. The van der Waals surface area contributed by atoms with Gasteiger partial charge in [-0.1, -0.05) is 43.6 Å². The molecule has 7 nitrogen and oxygen atoms in total. The van der Waals surface area contributed by atoms with Crippen LogP contribution in [0.15, 0.2) is 45.6 Å². The lowest BCUT2D eigenvalue weighted by Crippen LogP contribution is -2.41. The highest BCUT2D eigenvalue weighted by atomic mass is 35.5. The highest BCUT2D eigenvalue weighted by Crippen LogP contribution is 2.39. The van der Waals surface area contributed by atoms with Gasteiger partial charge in [0.2, 0.25) is 0 Å². The van der Waals surface area contributed by atoms with Crippen molar-refractivity contribution in [2.24, 2.45) is 0 Å². The summed E-state index contributed by atoms with van der Waals surface area (Å²) in [4.78, 5) is 30.5. The van der Waals surface area contributed by atoms with Crippen molar-refractivity contribution in [1.82, 2.24) is 4.98 Å². The third-order valence-corrected chi connectivity index (χ3v) is 9.29. The van der Waals surface area contributed by atoms with Crippen molar-refractivity contribution in [2.75, 3.05) is 5.32 Å². The molecule has 5 rings (SSSR count). The van der Waals surface area contributed by atoms with E-state index in [1.54, 1.807) is 6.07 Å². The second-order valence-electron chi connectivity index (χ2n) is 13.1. The Bertz CT molecular complexity index is 1830. The van der Waals surface area contributed by atoms with E-state index in [1.165, 1.54) is 0 Å². The van der Waals surface area contributed by atoms with Crippen LogP contribution in [-0.2, 0) is 9.31 Å². The SMILES string of the molecule is Cc1cc(C(C)Nc2ccc(Cl)nc2-c2ccc(B3OC(C)(C)C(C)(C)O3)c(C=O)c2C)c2oc(C(C)C)c(C)c(=O)c2c1. The molecule has 1 aliphatic rings. The first-order chi connectivity index (χ1) is 20.6. The van der Waals surface area contributed by atoms with E-state index in [-0.39, 0.29) is 17.4 Å². The van der Waals surface area contributed by atoms with Crippen molar-refractivity contribution in [2.45, 2.75) is 92.4 Å². The molecule has 230 valence electrons. The minimum Gasteiger partial charge on any atom is -0.460 e. The lowest BCUT2D eigenvalue weighted by atomic mass is 9.74. The smallest absolute Gasteiger partial charge is 0.460 e. The molecule has 0 saturated carbocycles. The van der Waals surface area contributed by atoms with E-state index in [0.717, 1.165) is 34.2 Å². The molecule has 0 radical (unpaired) electrons. The number of aryl methyl sites for hydroxylation is 1. The highest BCUT2D eigenvalue weighted by Gasteiger charge is 2.52. The molecule has 2 aromatic heterocycles. The fourth-order valence-corrected chi connectivity index (χ4v) is 6.01. The topological polar surface area (TPSA) is 90.7 Å². The summed E-state index contributed by atoms with van der Waals surface area (Å²) in [6.07, 6.45) is 0.842. The lowest BCUT2D eigenvalue weighted by molar-refractivity contribution is 0.00578. The van der Waals surface area contributed by atoms with Crippen LogP contribution in [0.25, 0.3) is 22.2 Å². The van der Waals surface area contributed by atoms with Crippen molar-refractivity contribution in [3.8, 4) is 11.3 Å². The number of carbonyl (C=O) groups is 1. The van der Waals surface area contributed by atoms with Gasteiger partial charge in [0.15, 0.2) is 5.43 Å². The van der Waals surface area contributed by atoms with Crippen molar-refractivity contribution in [3.63, 3.8) is 0 Å². The van der Waals surface area contributed by atoms with E-state index in [0.29, 0.717) is 44.2 Å². The van der Waals surface area contributed by atoms with Crippen LogP contribution in [0.1, 0.15) is 98.8 Å². The van der Waals surface area contributed by atoms with Crippen LogP contribution >= 0.6 is 11.6 Å². The number of rotatable bonds is 7. The summed E-state index contributed by atoms with van der Waals surface area (Å²) in [5.74, 6) is 0.750. The molecule has 1 N–H and O–H groups in total. The van der Waals surface area contributed by atoms with Gasteiger partial charge in [-0.15, -0.1) is 0 Å². The Balaban J connectivity index is 1.59. The number of hydrogen-bond donors (Lipinski definition) is 1. The van der Waals surface area contributed by atoms with Gasteiger partial charge in [-0.25, -0.2) is 4.98 Å². The molecule has 3 heterocycles. The molecule has 44 heavy (non-hydrogen) atoms. The van der Waals surface area contributed by atoms with Gasteiger partial charge in [-0.3, -0.25) is 9.59 Å². The maximum absolute atomic E-state index is 13.4. The van der Waals surface area contributed by atoms with Gasteiger partial charge in [0, 0.05) is 28.2 Å². The molecule has 0 spiro atoms. The van der Waals surface area contributed by atoms with Crippen molar-refractivity contribution in [1.29, 1.82) is 0 Å². The Hall–Kier alpha value is -3.46. The maximum Gasteiger partial charge on any atom is 0.495 e. The number of carbonyl (C=O) groups excluding carboxylic acids is 1. The van der Waals surface area contributed by atoms with E-state index >= 15 is 0 Å². The molecule has 2 aromatic carbocycles. The number of aldehydes is 1. The second kappa shape index (κ2) is 11.5. The molecular weight excluding hydrogens is 575 g/mol. The first kappa shape index (κ1) is 32.0. The van der Waals surface area contributed by atoms with E-state index in [2.05, 4.69) is 5.32 Å². The van der Waals surface area contributed by atoms with E-state index in [4.69, 9.17) is 30.3 Å². The standard InChI is InChI=1S/C35H40BClN2O5/c1-18(2)32-21(5)31(41)25-16-19(3)15-24(33(25)42-32)22(6)38-28-13-14-29(37)39-30(28)23-11-12-27(26(17-40)20(23)4)36-43-34(7,8)35(9,10)44-36/h11-18,22,38H,1-10H3. The zero-order chi connectivity index (χ0) is 32.3. The highest BCUT2D eigenvalue weighted by molar-refractivity contribution is 6.63. The molecular formula is C35H40BClN2O5. The van der Waals surface area contributed by atoms with Crippen LogP contribution in [-0.4, -0.2) is 29.6 Å². The molecule has 9 heteroatoms. The van der Waals surface area contributed by atoms with E-state index in [1.807, 2.05) is 99.6 Å². The van der Waals surface area contributed by atoms with Gasteiger partial charge >= 0.3 is 7.12 Å². The van der Waals surface area contributed by atoms with Crippen LogP contribution in [0.5, 0.6) is 0 Å². The number of nitrogens with zero attached hydrogens (tertiary/aromatic N) is 1. The Morgan fingerprint density at radius 3 is 2.23 bits per heavy atom. The molecule has 1 aliphatic heterocycles. The molecule has 0 amide bonds. The zero-order valence-corrected chi connectivity index (χ0v) is 27.9. The molecule has 1 unspecified atom stereocenters. The third kappa shape index (κ3) is 5.48. The van der Waals surface area contributed by atoms with Gasteiger partial charge in [0.1, 0.15) is 22.8 Å². The number of halogens is 1. The number of anilines is 1. The number of nitrogens with one attached hydrogen (secondary N) is 1. The molecule has 0 aliphatic carbocycles. The summed E-state index contributed by atoms with van der Waals surface area (Å²) in [5.41, 5.74) is 5.91. The lowest BCUT2D eigenvalue weighted by Gasteiger charge is -2.32. The summed E-state index contributed by atoms with van der Waals surface area (Å²) in [6, 6.07) is 11.1. The van der Waals surface area contributed by atoms with Gasteiger partial charge in [-0.2, -0.15) is 0 Å². The van der Waals surface area contributed by atoms with E-state index in [9.17, 15) is 9.59 Å². The molecule has 1 saturated heterocycles. The van der Waals surface area contributed by atoms with Crippen molar-refractivity contribution >= 4 is 47.1 Å². The Labute approximate surface area is 264 Å². The number of hydrogen-bond acceptors (Lipinski definition) is 7. The molecule has 1 fully saturated rings.